The summed E-state index contributed by atoms with van der Waals surface area (Å²) in [4.78, 5) is 23.6. The average molecular weight is 375 g/mol. The monoisotopic (exact) mass is 374 g/mol. The van der Waals surface area contributed by atoms with E-state index in [0.29, 0.717) is 28.7 Å². The van der Waals surface area contributed by atoms with Gasteiger partial charge in [0, 0.05) is 25.2 Å². The van der Waals surface area contributed by atoms with Crippen LogP contribution in [0.15, 0.2) is 18.3 Å². The molecule has 26 heavy (non-hydrogen) atoms. The molecule has 5 nitrogen and oxygen atoms in total. The number of hydrogen-bond acceptors (Lipinski definition) is 5. The summed E-state index contributed by atoms with van der Waals surface area (Å²) in [5, 5.41) is 4.03. The molecule has 0 aromatic carbocycles. The van der Waals surface area contributed by atoms with Crippen LogP contribution in [-0.4, -0.2) is 47.3 Å². The van der Waals surface area contributed by atoms with Crippen molar-refractivity contribution in [3.63, 3.8) is 0 Å². The molecule has 1 aliphatic rings. The van der Waals surface area contributed by atoms with Crippen molar-refractivity contribution in [1.29, 1.82) is 0 Å². The van der Waals surface area contributed by atoms with Crippen molar-refractivity contribution in [3.05, 3.63) is 29.0 Å². The van der Waals surface area contributed by atoms with Crippen LogP contribution in [0, 0.1) is 5.92 Å². The van der Waals surface area contributed by atoms with Crippen LogP contribution in [0.4, 0.5) is 5.69 Å². The predicted molar refractivity (Wildman–Crippen MR) is 107 cm³/mol. The van der Waals surface area contributed by atoms with Crippen LogP contribution < -0.4 is 5.32 Å². The molecular weight excluding hydrogens is 348 g/mol. The van der Waals surface area contributed by atoms with E-state index in [-0.39, 0.29) is 5.78 Å². The third kappa shape index (κ3) is 4.33. The number of aromatic nitrogens is 2. The second-order valence-corrected chi connectivity index (χ2v) is 7.84. The van der Waals surface area contributed by atoms with Gasteiger partial charge in [0.25, 0.3) is 0 Å². The normalized spacial score (nSPS) is 20.5. The minimum atomic E-state index is 0.0740. The van der Waals surface area contributed by atoms with E-state index in [4.69, 9.17) is 11.6 Å². The molecule has 2 heterocycles. The number of nitrogens with one attached hydrogen (secondary N) is 1. The van der Waals surface area contributed by atoms with E-state index in [1.165, 1.54) is 12.8 Å². The molecule has 6 heteroatoms. The fourth-order valence-corrected chi connectivity index (χ4v) is 3.95. The van der Waals surface area contributed by atoms with E-state index in [0.717, 1.165) is 36.5 Å². The smallest absolute Gasteiger partial charge is 0.166 e. The second-order valence-electron chi connectivity index (χ2n) is 7.45. The lowest BCUT2D eigenvalue weighted by molar-refractivity contribution is 0.0988. The van der Waals surface area contributed by atoms with Gasteiger partial charge in [-0.05, 0) is 57.8 Å². The van der Waals surface area contributed by atoms with Gasteiger partial charge in [-0.25, -0.2) is 4.98 Å². The first-order valence-electron chi connectivity index (χ1n) is 9.37. The van der Waals surface area contributed by atoms with Crippen LogP contribution in [0.5, 0.6) is 0 Å². The quantitative estimate of drug-likeness (QED) is 0.599. The highest BCUT2D eigenvalue weighted by molar-refractivity contribution is 6.30. The zero-order chi connectivity index (χ0) is 18.7. The molecule has 140 valence electrons. The molecule has 1 N–H and O–H groups in total. The summed E-state index contributed by atoms with van der Waals surface area (Å²) in [5.41, 5.74) is 2.85. The Morgan fingerprint density at radius 1 is 1.27 bits per heavy atom. The summed E-state index contributed by atoms with van der Waals surface area (Å²) in [7, 11) is 4.26. The third-order valence-electron chi connectivity index (χ3n) is 5.12. The summed E-state index contributed by atoms with van der Waals surface area (Å²) in [6.45, 7) is 3.01. The Hall–Kier alpha value is -1.72. The minimum absolute atomic E-state index is 0.0740. The standard InChI is InChI=1S/C20H27ClN4O/c1-4-17(26)15-11-22-16-9-10-18(21)24-20(16)19(15)23-14-7-5-13(6-8-14)12-25(2)3/h9-11,13-14H,4-8,12H2,1-3H3,(H,22,23)/t13-,14-. The number of carbonyl (C=O) groups is 1. The fraction of sp³-hybridized carbons (Fsp3) is 0.550. The fourth-order valence-electron chi connectivity index (χ4n) is 3.80. The van der Waals surface area contributed by atoms with Gasteiger partial charge in [-0.1, -0.05) is 18.5 Å². The third-order valence-corrected chi connectivity index (χ3v) is 5.33. The Bertz CT molecular complexity index is 785. The molecular formula is C20H27ClN4O. The Morgan fingerprint density at radius 3 is 2.65 bits per heavy atom. The minimum Gasteiger partial charge on any atom is -0.380 e. The number of carbonyl (C=O) groups excluding carboxylic acids is 1. The molecule has 0 saturated heterocycles. The summed E-state index contributed by atoms with van der Waals surface area (Å²) >= 11 is 6.11. The van der Waals surface area contributed by atoms with Gasteiger partial charge in [-0.3, -0.25) is 9.78 Å². The zero-order valence-electron chi connectivity index (χ0n) is 15.8. The van der Waals surface area contributed by atoms with Gasteiger partial charge < -0.3 is 10.2 Å². The van der Waals surface area contributed by atoms with Crippen molar-refractivity contribution in [2.24, 2.45) is 5.92 Å². The molecule has 2 aromatic heterocycles. The maximum absolute atomic E-state index is 12.4. The zero-order valence-corrected chi connectivity index (χ0v) is 16.5. The Morgan fingerprint density at radius 2 is 2.00 bits per heavy atom. The summed E-state index contributed by atoms with van der Waals surface area (Å²) < 4.78 is 0. The van der Waals surface area contributed by atoms with Gasteiger partial charge in [0.2, 0.25) is 0 Å². The van der Waals surface area contributed by atoms with Crippen molar-refractivity contribution in [2.75, 3.05) is 26.0 Å². The molecule has 3 rings (SSSR count). The van der Waals surface area contributed by atoms with Crippen LogP contribution in [0.3, 0.4) is 0 Å². The predicted octanol–water partition coefficient (Wildman–Crippen LogP) is 4.41. The molecule has 0 spiro atoms. The number of ketones is 1. The molecule has 1 saturated carbocycles. The van der Waals surface area contributed by atoms with E-state index in [2.05, 4.69) is 34.3 Å². The van der Waals surface area contributed by atoms with Crippen LogP contribution in [0.25, 0.3) is 11.0 Å². The first kappa shape index (κ1) is 19.1. The van der Waals surface area contributed by atoms with Crippen molar-refractivity contribution in [1.82, 2.24) is 14.9 Å². The summed E-state index contributed by atoms with van der Waals surface area (Å²) in [6.07, 6.45) is 6.71. The number of hydrogen-bond donors (Lipinski definition) is 1. The lowest BCUT2D eigenvalue weighted by Crippen LogP contribution is -2.31. The summed E-state index contributed by atoms with van der Waals surface area (Å²) in [6, 6.07) is 3.93. The SMILES string of the molecule is CCC(=O)c1cnc2ccc(Cl)nc2c1N[C@H]1CC[C@H](CN(C)C)CC1. The maximum atomic E-state index is 12.4. The van der Waals surface area contributed by atoms with Crippen molar-refractivity contribution < 1.29 is 4.79 Å². The van der Waals surface area contributed by atoms with Crippen molar-refractivity contribution in [3.8, 4) is 0 Å². The maximum Gasteiger partial charge on any atom is 0.166 e. The topological polar surface area (TPSA) is 58.1 Å². The Balaban J connectivity index is 1.86. The number of pyridine rings is 2. The van der Waals surface area contributed by atoms with Crippen LogP contribution in [0.2, 0.25) is 5.15 Å². The number of Topliss-reactive ketones (excluding diaryl/α,β-unsaturated/α-hetero) is 1. The molecule has 0 amide bonds. The van der Waals surface area contributed by atoms with E-state index in [9.17, 15) is 4.79 Å². The highest BCUT2D eigenvalue weighted by Crippen LogP contribution is 2.32. The number of fused-ring (bicyclic) bond motifs is 1. The average Bonchev–Trinajstić information content (AvgIpc) is 2.62. The molecule has 0 radical (unpaired) electrons. The first-order chi connectivity index (χ1) is 12.5. The highest BCUT2D eigenvalue weighted by atomic mass is 35.5. The molecule has 0 bridgehead atoms. The first-order valence-corrected chi connectivity index (χ1v) is 9.75. The number of rotatable bonds is 6. The molecule has 1 fully saturated rings. The largest absolute Gasteiger partial charge is 0.380 e. The Labute approximate surface area is 160 Å². The lowest BCUT2D eigenvalue weighted by Gasteiger charge is -2.31. The highest BCUT2D eigenvalue weighted by Gasteiger charge is 2.24. The Kier molecular flexibility index (Phi) is 6.09. The second kappa shape index (κ2) is 8.31. The lowest BCUT2D eigenvalue weighted by atomic mass is 9.85. The molecule has 0 atom stereocenters. The molecule has 0 unspecified atom stereocenters. The van der Waals surface area contributed by atoms with Gasteiger partial charge in [-0.2, -0.15) is 0 Å². The molecule has 2 aromatic rings. The van der Waals surface area contributed by atoms with Gasteiger partial charge in [-0.15, -0.1) is 0 Å². The number of nitrogens with zero attached hydrogens (tertiary/aromatic N) is 3. The van der Waals surface area contributed by atoms with Crippen LogP contribution >= 0.6 is 11.6 Å². The van der Waals surface area contributed by atoms with Gasteiger partial charge in [0.05, 0.1) is 16.8 Å². The van der Waals surface area contributed by atoms with Crippen LogP contribution in [0.1, 0.15) is 49.4 Å². The van der Waals surface area contributed by atoms with Crippen LogP contribution in [-0.2, 0) is 0 Å². The van der Waals surface area contributed by atoms with Crippen molar-refractivity contribution in [2.45, 2.75) is 45.1 Å². The summed E-state index contributed by atoms with van der Waals surface area (Å²) in [5.74, 6) is 0.825. The number of halogens is 1. The van der Waals surface area contributed by atoms with Gasteiger partial charge in [0.1, 0.15) is 10.7 Å². The molecule has 0 aliphatic heterocycles. The number of anilines is 1. The van der Waals surface area contributed by atoms with Gasteiger partial charge >= 0.3 is 0 Å². The van der Waals surface area contributed by atoms with E-state index >= 15 is 0 Å². The van der Waals surface area contributed by atoms with Crippen molar-refractivity contribution >= 4 is 34.1 Å². The van der Waals surface area contributed by atoms with E-state index in [1.54, 1.807) is 12.3 Å². The molecule has 1 aliphatic carbocycles. The van der Waals surface area contributed by atoms with E-state index < -0.39 is 0 Å². The van der Waals surface area contributed by atoms with E-state index in [1.807, 2.05) is 13.0 Å². The van der Waals surface area contributed by atoms with Gasteiger partial charge in [0.15, 0.2) is 5.78 Å².